The molecular weight excluding hydrogens is 376 g/mol. The first kappa shape index (κ1) is 19.1. The van der Waals surface area contributed by atoms with Gasteiger partial charge in [0.05, 0.1) is 11.4 Å². The first-order chi connectivity index (χ1) is 15.4. The van der Waals surface area contributed by atoms with Crippen molar-refractivity contribution in [2.75, 3.05) is 0 Å². The zero-order valence-corrected chi connectivity index (χ0v) is 17.4. The van der Waals surface area contributed by atoms with Gasteiger partial charge in [-0.1, -0.05) is 121 Å². The number of hydrogen-bond donors (Lipinski definition) is 0. The van der Waals surface area contributed by atoms with Gasteiger partial charge < -0.3 is 4.57 Å². The first-order valence-corrected chi connectivity index (χ1v) is 10.7. The molecule has 0 fully saturated rings. The molecule has 0 bridgehead atoms. The second-order valence-corrected chi connectivity index (χ2v) is 7.62. The number of benzene rings is 4. The molecular formula is C29H24N2. The van der Waals surface area contributed by atoms with Crippen molar-refractivity contribution in [3.05, 3.63) is 127 Å². The quantitative estimate of drug-likeness (QED) is 0.296. The molecule has 0 radical (unpaired) electrons. The van der Waals surface area contributed by atoms with Crippen molar-refractivity contribution in [3.8, 4) is 33.9 Å². The van der Waals surface area contributed by atoms with Gasteiger partial charge in [-0.15, -0.1) is 0 Å². The highest BCUT2D eigenvalue weighted by molar-refractivity contribution is 5.82. The summed E-state index contributed by atoms with van der Waals surface area (Å²) in [6, 6.07) is 42.3. The Hall–Kier alpha value is -3.91. The molecule has 5 rings (SSSR count). The normalized spacial score (nSPS) is 10.8. The average Bonchev–Trinajstić information content (AvgIpc) is 3.24. The fourth-order valence-electron chi connectivity index (χ4n) is 4.05. The Morgan fingerprint density at radius 2 is 1.00 bits per heavy atom. The molecule has 0 amide bonds. The average molecular weight is 401 g/mol. The maximum absolute atomic E-state index is 5.20. The van der Waals surface area contributed by atoms with Gasteiger partial charge in [0.2, 0.25) is 0 Å². The van der Waals surface area contributed by atoms with Crippen LogP contribution in [0.15, 0.2) is 121 Å². The van der Waals surface area contributed by atoms with E-state index in [1.807, 2.05) is 0 Å². The number of aryl methyl sites for hydroxylation is 1. The van der Waals surface area contributed by atoms with Crippen LogP contribution >= 0.6 is 0 Å². The van der Waals surface area contributed by atoms with Gasteiger partial charge in [0.1, 0.15) is 5.82 Å². The van der Waals surface area contributed by atoms with E-state index in [-0.39, 0.29) is 0 Å². The highest BCUT2D eigenvalue weighted by atomic mass is 15.1. The molecule has 4 aromatic carbocycles. The van der Waals surface area contributed by atoms with Crippen molar-refractivity contribution in [2.45, 2.75) is 13.0 Å². The van der Waals surface area contributed by atoms with Crippen molar-refractivity contribution in [1.82, 2.24) is 9.55 Å². The van der Waals surface area contributed by atoms with Gasteiger partial charge in [0.25, 0.3) is 0 Å². The van der Waals surface area contributed by atoms with Crippen LogP contribution in [0.4, 0.5) is 0 Å². The Bertz CT molecular complexity index is 1240. The molecule has 0 saturated carbocycles. The van der Waals surface area contributed by atoms with Crippen LogP contribution in [0, 0.1) is 0 Å². The van der Waals surface area contributed by atoms with Crippen LogP contribution in [0.25, 0.3) is 33.9 Å². The van der Waals surface area contributed by atoms with Crippen LogP contribution in [0.1, 0.15) is 5.56 Å². The zero-order valence-electron chi connectivity index (χ0n) is 17.4. The Morgan fingerprint density at radius 3 is 1.58 bits per heavy atom. The SMILES string of the molecule is c1ccc(CCn2c(-c3ccccc3)nc(-c3ccccc3)c2-c2ccccc2)cc1. The van der Waals surface area contributed by atoms with Crippen molar-refractivity contribution in [3.63, 3.8) is 0 Å². The molecule has 0 aliphatic carbocycles. The predicted octanol–water partition coefficient (Wildman–Crippen LogP) is 7.13. The standard InChI is InChI=1S/C29H24N2/c1-5-13-23(14-6-1)21-22-31-28(25-17-9-3-10-18-25)27(24-15-7-2-8-16-24)30-29(31)26-19-11-4-12-20-26/h1-20H,21-22H2. The third-order valence-corrected chi connectivity index (χ3v) is 5.56. The van der Waals surface area contributed by atoms with E-state index < -0.39 is 0 Å². The molecule has 2 heteroatoms. The van der Waals surface area contributed by atoms with Crippen LogP contribution in [0.3, 0.4) is 0 Å². The Balaban J connectivity index is 1.71. The second kappa shape index (κ2) is 8.85. The predicted molar refractivity (Wildman–Crippen MR) is 129 cm³/mol. The monoisotopic (exact) mass is 400 g/mol. The molecule has 0 spiro atoms. The highest BCUT2D eigenvalue weighted by Gasteiger charge is 2.20. The second-order valence-electron chi connectivity index (χ2n) is 7.62. The molecule has 31 heavy (non-hydrogen) atoms. The summed E-state index contributed by atoms with van der Waals surface area (Å²) in [7, 11) is 0. The van der Waals surface area contributed by atoms with Crippen molar-refractivity contribution in [1.29, 1.82) is 0 Å². The third kappa shape index (κ3) is 4.06. The summed E-state index contributed by atoms with van der Waals surface area (Å²) in [6.45, 7) is 0.859. The van der Waals surface area contributed by atoms with Gasteiger partial charge in [-0.05, 0) is 12.0 Å². The van der Waals surface area contributed by atoms with Crippen molar-refractivity contribution in [2.24, 2.45) is 0 Å². The molecule has 0 atom stereocenters. The number of hydrogen-bond acceptors (Lipinski definition) is 1. The topological polar surface area (TPSA) is 17.8 Å². The zero-order chi connectivity index (χ0) is 20.9. The van der Waals surface area contributed by atoms with E-state index in [1.54, 1.807) is 0 Å². The summed E-state index contributed by atoms with van der Waals surface area (Å²) in [5.74, 6) is 1.01. The molecule has 0 aliphatic rings. The molecule has 0 N–H and O–H groups in total. The lowest BCUT2D eigenvalue weighted by Gasteiger charge is -2.14. The lowest BCUT2D eigenvalue weighted by atomic mass is 10.0. The summed E-state index contributed by atoms with van der Waals surface area (Å²) in [5, 5.41) is 0. The number of imidazole rings is 1. The fourth-order valence-corrected chi connectivity index (χ4v) is 4.05. The lowest BCUT2D eigenvalue weighted by Crippen LogP contribution is -2.06. The van der Waals surface area contributed by atoms with Crippen LogP contribution in [-0.4, -0.2) is 9.55 Å². The fraction of sp³-hybridized carbons (Fsp3) is 0.0690. The van der Waals surface area contributed by atoms with Crippen LogP contribution in [0.5, 0.6) is 0 Å². The third-order valence-electron chi connectivity index (χ3n) is 5.56. The Labute approximate surface area is 183 Å². The summed E-state index contributed by atoms with van der Waals surface area (Å²) in [5.41, 5.74) is 6.98. The van der Waals surface area contributed by atoms with E-state index >= 15 is 0 Å². The number of nitrogens with zero attached hydrogens (tertiary/aromatic N) is 2. The highest BCUT2D eigenvalue weighted by Crippen LogP contribution is 2.36. The molecule has 2 nitrogen and oxygen atoms in total. The van der Waals surface area contributed by atoms with E-state index in [0.717, 1.165) is 35.6 Å². The van der Waals surface area contributed by atoms with E-state index in [2.05, 4.69) is 126 Å². The van der Waals surface area contributed by atoms with Gasteiger partial charge in [-0.2, -0.15) is 0 Å². The van der Waals surface area contributed by atoms with Crippen LogP contribution < -0.4 is 0 Å². The largest absolute Gasteiger partial charge is 0.323 e. The molecule has 0 saturated heterocycles. The molecule has 150 valence electrons. The maximum Gasteiger partial charge on any atom is 0.141 e. The molecule has 5 aromatic rings. The maximum atomic E-state index is 5.20. The minimum atomic E-state index is 0.859. The minimum absolute atomic E-state index is 0.859. The molecule has 1 aromatic heterocycles. The first-order valence-electron chi connectivity index (χ1n) is 10.7. The van der Waals surface area contributed by atoms with Gasteiger partial charge in [-0.3, -0.25) is 0 Å². The Kier molecular flexibility index (Phi) is 5.44. The Morgan fingerprint density at radius 1 is 0.516 bits per heavy atom. The van der Waals surface area contributed by atoms with E-state index in [9.17, 15) is 0 Å². The van der Waals surface area contributed by atoms with Crippen molar-refractivity contribution >= 4 is 0 Å². The van der Waals surface area contributed by atoms with E-state index in [4.69, 9.17) is 4.98 Å². The van der Waals surface area contributed by atoms with E-state index in [1.165, 1.54) is 16.8 Å². The smallest absolute Gasteiger partial charge is 0.141 e. The van der Waals surface area contributed by atoms with Gasteiger partial charge >= 0.3 is 0 Å². The van der Waals surface area contributed by atoms with Gasteiger partial charge in [0, 0.05) is 23.2 Å². The molecule has 0 aliphatic heterocycles. The summed E-state index contributed by atoms with van der Waals surface area (Å²) in [4.78, 5) is 5.20. The minimum Gasteiger partial charge on any atom is -0.323 e. The molecule has 0 unspecified atom stereocenters. The van der Waals surface area contributed by atoms with E-state index in [0.29, 0.717) is 0 Å². The summed E-state index contributed by atoms with van der Waals surface area (Å²) >= 11 is 0. The van der Waals surface area contributed by atoms with Crippen LogP contribution in [0.2, 0.25) is 0 Å². The number of rotatable bonds is 6. The van der Waals surface area contributed by atoms with Crippen molar-refractivity contribution < 1.29 is 0 Å². The van der Waals surface area contributed by atoms with Crippen LogP contribution in [-0.2, 0) is 13.0 Å². The summed E-state index contributed by atoms with van der Waals surface area (Å²) in [6.07, 6.45) is 0.950. The number of aromatic nitrogens is 2. The van der Waals surface area contributed by atoms with Gasteiger partial charge in [0.15, 0.2) is 0 Å². The lowest BCUT2D eigenvalue weighted by molar-refractivity contribution is 0.709. The summed E-state index contributed by atoms with van der Waals surface area (Å²) < 4.78 is 2.39. The molecule has 1 heterocycles. The van der Waals surface area contributed by atoms with Gasteiger partial charge in [-0.25, -0.2) is 4.98 Å².